The second kappa shape index (κ2) is 8.03. The third-order valence-electron chi connectivity index (χ3n) is 4.49. The van der Waals surface area contributed by atoms with Crippen LogP contribution >= 0.6 is 0 Å². The number of carbonyl (C=O) groups is 3. The quantitative estimate of drug-likeness (QED) is 0.742. The molecule has 1 amide bonds. The summed E-state index contributed by atoms with van der Waals surface area (Å²) in [7, 11) is 1.44. The van der Waals surface area contributed by atoms with Crippen LogP contribution in [0, 0.1) is 0 Å². The van der Waals surface area contributed by atoms with Gasteiger partial charge in [0.25, 0.3) is 5.91 Å². The van der Waals surface area contributed by atoms with Crippen LogP contribution in [0.5, 0.6) is 0 Å². The largest absolute Gasteiger partial charge is 0.501 e. The predicted octanol–water partition coefficient (Wildman–Crippen LogP) is 1.57. The summed E-state index contributed by atoms with van der Waals surface area (Å²) in [6, 6.07) is 8.70. The van der Waals surface area contributed by atoms with E-state index >= 15 is 0 Å². The third-order valence-corrected chi connectivity index (χ3v) is 4.49. The number of hydrogen-bond acceptors (Lipinski definition) is 6. The Hall–Kier alpha value is -2.83. The molecule has 1 fully saturated rings. The molecule has 0 N–H and O–H groups in total. The topological polar surface area (TPSA) is 82.1 Å². The standard InChI is InChI=1S/C19H21NO6/c1-24-14-10-16(26-17(21)11-14)18(22)20-9-5-8-15(20)19(23)25-12-13-6-3-2-4-7-13/h2-4,6-7,11,15-16H,5,8-10,12H2,1H3/t15-,16-/m0/s1. The molecule has 1 saturated heterocycles. The van der Waals surface area contributed by atoms with Gasteiger partial charge in [0.05, 0.1) is 19.6 Å². The second-order valence-corrected chi connectivity index (χ2v) is 6.23. The van der Waals surface area contributed by atoms with E-state index in [-0.39, 0.29) is 18.9 Å². The van der Waals surface area contributed by atoms with E-state index in [9.17, 15) is 14.4 Å². The Morgan fingerprint density at radius 2 is 2.04 bits per heavy atom. The van der Waals surface area contributed by atoms with Crippen molar-refractivity contribution in [1.82, 2.24) is 4.90 Å². The summed E-state index contributed by atoms with van der Waals surface area (Å²) < 4.78 is 15.5. The Morgan fingerprint density at radius 3 is 2.77 bits per heavy atom. The number of cyclic esters (lactones) is 1. The van der Waals surface area contributed by atoms with Gasteiger partial charge in [-0.2, -0.15) is 0 Å². The molecule has 0 aromatic heterocycles. The molecule has 2 atom stereocenters. The van der Waals surface area contributed by atoms with Gasteiger partial charge in [-0.1, -0.05) is 30.3 Å². The van der Waals surface area contributed by atoms with E-state index in [1.165, 1.54) is 18.1 Å². The molecule has 2 aliphatic heterocycles. The number of nitrogens with zero attached hydrogens (tertiary/aromatic N) is 1. The average Bonchev–Trinajstić information content (AvgIpc) is 3.15. The van der Waals surface area contributed by atoms with Crippen molar-refractivity contribution in [3.05, 3.63) is 47.7 Å². The van der Waals surface area contributed by atoms with Crippen LogP contribution in [-0.4, -0.2) is 48.5 Å². The van der Waals surface area contributed by atoms with Gasteiger partial charge >= 0.3 is 11.9 Å². The van der Waals surface area contributed by atoms with Crippen LogP contribution in [0.3, 0.4) is 0 Å². The first-order valence-electron chi connectivity index (χ1n) is 8.54. The van der Waals surface area contributed by atoms with Crippen molar-refractivity contribution in [3.8, 4) is 0 Å². The van der Waals surface area contributed by atoms with Crippen LogP contribution in [0.1, 0.15) is 24.8 Å². The maximum absolute atomic E-state index is 12.8. The number of carbonyl (C=O) groups excluding carboxylic acids is 3. The van der Waals surface area contributed by atoms with Gasteiger partial charge in [-0.05, 0) is 18.4 Å². The Balaban J connectivity index is 1.62. The lowest BCUT2D eigenvalue weighted by Crippen LogP contribution is -2.48. The Bertz CT molecular complexity index is 714. The summed E-state index contributed by atoms with van der Waals surface area (Å²) in [4.78, 5) is 38.2. The number of hydrogen-bond donors (Lipinski definition) is 0. The lowest BCUT2D eigenvalue weighted by atomic mass is 10.1. The van der Waals surface area contributed by atoms with E-state index in [1.807, 2.05) is 30.3 Å². The van der Waals surface area contributed by atoms with E-state index < -0.39 is 24.1 Å². The molecular formula is C19H21NO6. The fourth-order valence-electron chi connectivity index (χ4n) is 3.15. The first kappa shape index (κ1) is 18.0. The molecule has 0 bridgehead atoms. The minimum absolute atomic E-state index is 0.160. The average molecular weight is 359 g/mol. The maximum Gasteiger partial charge on any atom is 0.334 e. The molecule has 0 spiro atoms. The van der Waals surface area contributed by atoms with Gasteiger partial charge in [-0.25, -0.2) is 9.59 Å². The molecule has 1 aromatic rings. The number of ether oxygens (including phenoxy) is 3. The van der Waals surface area contributed by atoms with Gasteiger partial charge in [0.2, 0.25) is 0 Å². The number of methoxy groups -OCH3 is 1. The Labute approximate surface area is 151 Å². The molecule has 7 nitrogen and oxygen atoms in total. The van der Waals surface area contributed by atoms with Crippen LogP contribution in [0.25, 0.3) is 0 Å². The minimum Gasteiger partial charge on any atom is -0.501 e. The van der Waals surface area contributed by atoms with Crippen LogP contribution in [0.15, 0.2) is 42.2 Å². The first-order chi connectivity index (χ1) is 12.6. The van der Waals surface area contributed by atoms with E-state index in [1.54, 1.807) is 0 Å². The van der Waals surface area contributed by atoms with Crippen molar-refractivity contribution in [3.63, 3.8) is 0 Å². The molecule has 1 aromatic carbocycles. The van der Waals surface area contributed by atoms with E-state index in [0.717, 1.165) is 5.56 Å². The van der Waals surface area contributed by atoms with Crippen molar-refractivity contribution in [2.75, 3.05) is 13.7 Å². The highest BCUT2D eigenvalue weighted by Gasteiger charge is 2.40. The fourth-order valence-corrected chi connectivity index (χ4v) is 3.15. The van der Waals surface area contributed by atoms with Gasteiger partial charge in [-0.3, -0.25) is 4.79 Å². The maximum atomic E-state index is 12.8. The van der Waals surface area contributed by atoms with Gasteiger partial charge in [0, 0.05) is 6.54 Å². The Morgan fingerprint density at radius 1 is 1.27 bits per heavy atom. The molecule has 3 rings (SSSR count). The molecule has 2 aliphatic rings. The van der Waals surface area contributed by atoms with Crippen LogP contribution in [0.2, 0.25) is 0 Å². The molecule has 0 saturated carbocycles. The van der Waals surface area contributed by atoms with Crippen molar-refractivity contribution < 1.29 is 28.6 Å². The van der Waals surface area contributed by atoms with Gasteiger partial charge < -0.3 is 19.1 Å². The number of rotatable bonds is 5. The fraction of sp³-hybridized carbons (Fsp3) is 0.421. The molecule has 0 unspecified atom stereocenters. The summed E-state index contributed by atoms with van der Waals surface area (Å²) in [6.07, 6.45) is 1.66. The molecule has 0 radical (unpaired) electrons. The lowest BCUT2D eigenvalue weighted by Gasteiger charge is -2.29. The van der Waals surface area contributed by atoms with E-state index in [4.69, 9.17) is 14.2 Å². The Kier molecular flexibility index (Phi) is 5.55. The van der Waals surface area contributed by atoms with Gasteiger partial charge in [0.15, 0.2) is 6.10 Å². The molecule has 26 heavy (non-hydrogen) atoms. The number of amides is 1. The molecule has 138 valence electrons. The summed E-state index contributed by atoms with van der Waals surface area (Å²) in [5, 5.41) is 0. The summed E-state index contributed by atoms with van der Waals surface area (Å²) in [6.45, 7) is 0.594. The van der Waals surface area contributed by atoms with E-state index in [0.29, 0.717) is 25.1 Å². The highest BCUT2D eigenvalue weighted by atomic mass is 16.6. The zero-order valence-corrected chi connectivity index (χ0v) is 14.6. The van der Waals surface area contributed by atoms with Crippen molar-refractivity contribution in [1.29, 1.82) is 0 Å². The molecular weight excluding hydrogens is 338 g/mol. The zero-order chi connectivity index (χ0) is 18.5. The molecule has 2 heterocycles. The molecule has 7 heteroatoms. The van der Waals surface area contributed by atoms with E-state index in [2.05, 4.69) is 0 Å². The normalized spacial score (nSPS) is 22.4. The first-order valence-corrected chi connectivity index (χ1v) is 8.54. The molecule has 0 aliphatic carbocycles. The van der Waals surface area contributed by atoms with Gasteiger partial charge in [0.1, 0.15) is 18.4 Å². The number of benzene rings is 1. The monoisotopic (exact) mass is 359 g/mol. The summed E-state index contributed by atoms with van der Waals surface area (Å²) >= 11 is 0. The van der Waals surface area contributed by atoms with Crippen molar-refractivity contribution in [2.45, 2.75) is 38.0 Å². The highest BCUT2D eigenvalue weighted by molar-refractivity contribution is 5.92. The zero-order valence-electron chi connectivity index (χ0n) is 14.6. The number of esters is 2. The lowest BCUT2D eigenvalue weighted by molar-refractivity contribution is -0.163. The minimum atomic E-state index is -0.968. The predicted molar refractivity (Wildman–Crippen MR) is 90.6 cm³/mol. The van der Waals surface area contributed by atoms with Crippen molar-refractivity contribution >= 4 is 17.8 Å². The van der Waals surface area contributed by atoms with Crippen molar-refractivity contribution in [2.24, 2.45) is 0 Å². The second-order valence-electron chi connectivity index (χ2n) is 6.23. The highest BCUT2D eigenvalue weighted by Crippen LogP contribution is 2.24. The van der Waals surface area contributed by atoms with Gasteiger partial charge in [-0.15, -0.1) is 0 Å². The third kappa shape index (κ3) is 4.04. The SMILES string of the molecule is COC1=CC(=O)O[C@H](C(=O)N2CCC[C@H]2C(=O)OCc2ccccc2)C1. The van der Waals surface area contributed by atoms with Crippen LogP contribution < -0.4 is 0 Å². The smallest absolute Gasteiger partial charge is 0.334 e. The summed E-state index contributed by atoms with van der Waals surface area (Å²) in [5.41, 5.74) is 0.882. The van der Waals surface area contributed by atoms with Crippen LogP contribution in [-0.2, 0) is 35.2 Å². The summed E-state index contributed by atoms with van der Waals surface area (Å²) in [5.74, 6) is -1.06. The van der Waals surface area contributed by atoms with Crippen LogP contribution in [0.4, 0.5) is 0 Å². The number of likely N-dealkylation sites (tertiary alicyclic amines) is 1.